The molecule has 0 amide bonds. The average Bonchev–Trinajstić information content (AvgIpc) is 3.56. The van der Waals surface area contributed by atoms with Gasteiger partial charge >= 0.3 is 0 Å². The summed E-state index contributed by atoms with van der Waals surface area (Å²) in [6.07, 6.45) is 0. The van der Waals surface area contributed by atoms with Crippen LogP contribution in [0.1, 0.15) is 15.1 Å². The van der Waals surface area contributed by atoms with Crippen LogP contribution in [0, 0.1) is 0 Å². The van der Waals surface area contributed by atoms with Crippen LogP contribution < -0.4 is 0 Å². The van der Waals surface area contributed by atoms with Gasteiger partial charge in [-0.25, -0.2) is 0 Å². The molecule has 0 spiro atoms. The summed E-state index contributed by atoms with van der Waals surface area (Å²) in [5.74, 6) is 0. The second kappa shape index (κ2) is 8.55. The minimum atomic E-state index is -0.589. The summed E-state index contributed by atoms with van der Waals surface area (Å²) in [6.45, 7) is 0. The van der Waals surface area contributed by atoms with Crippen LogP contribution >= 0.6 is 0 Å². The first-order valence-corrected chi connectivity index (χ1v) is 13.2. The maximum Gasteiger partial charge on any atom is 0.143 e. The molecule has 0 atom stereocenters. The molecule has 1 heteroatoms. The highest BCUT2D eigenvalue weighted by molar-refractivity contribution is 6.27. The van der Waals surface area contributed by atoms with Gasteiger partial charge in [-0.3, -0.25) is 0 Å². The molecule has 0 saturated carbocycles. The Bertz CT molecular complexity index is 3080. The van der Waals surface area contributed by atoms with E-state index in [1.165, 1.54) is 0 Å². The fourth-order valence-electron chi connectivity index (χ4n) is 5.99. The SMILES string of the molecule is [2H]c1c([2H])c([2H])c2c([2H])c3c(c([2H])c([2H])c4c([2H])c([2H])c([2H])c([2H])c43)c(-c3ccc(-c4ccccc4)c4oc5c6ccccc6ccc5c34)c2c1[2H]. The zero-order valence-electron chi connectivity index (χ0n) is 32.4. The number of fused-ring (bicyclic) bond motifs is 9. The van der Waals surface area contributed by atoms with Gasteiger partial charge in [0.2, 0.25) is 0 Å². The van der Waals surface area contributed by atoms with Crippen LogP contribution in [0.2, 0.25) is 0 Å². The van der Waals surface area contributed by atoms with Crippen molar-refractivity contribution in [3.63, 3.8) is 0 Å². The first kappa shape index (κ1) is 14.3. The Kier molecular flexibility index (Phi) is 2.98. The molecule has 0 unspecified atom stereocenters. The number of benzene rings is 8. The molecule has 1 aromatic heterocycles. The van der Waals surface area contributed by atoms with Gasteiger partial charge in [0, 0.05) is 21.7 Å². The van der Waals surface area contributed by atoms with Gasteiger partial charge in [0.25, 0.3) is 0 Å². The van der Waals surface area contributed by atoms with Crippen molar-refractivity contribution in [2.24, 2.45) is 0 Å². The van der Waals surface area contributed by atoms with Crippen molar-refractivity contribution in [2.45, 2.75) is 0 Å². The zero-order chi connectivity index (χ0) is 36.5. The number of hydrogen-bond acceptors (Lipinski definition) is 1. The first-order valence-electron chi connectivity index (χ1n) is 18.7. The highest BCUT2D eigenvalue weighted by atomic mass is 16.3. The lowest BCUT2D eigenvalue weighted by atomic mass is 9.87. The fourth-order valence-corrected chi connectivity index (χ4v) is 5.99. The molecule has 190 valence electrons. The zero-order valence-corrected chi connectivity index (χ0v) is 21.4. The Labute approximate surface area is 252 Å². The molecule has 8 aromatic carbocycles. The third-order valence-electron chi connectivity index (χ3n) is 7.80. The minimum absolute atomic E-state index is 0.0334. The van der Waals surface area contributed by atoms with E-state index in [-0.39, 0.29) is 37.9 Å². The van der Waals surface area contributed by atoms with E-state index in [9.17, 15) is 4.11 Å². The van der Waals surface area contributed by atoms with Gasteiger partial charge in [0.15, 0.2) is 0 Å². The predicted octanol–water partition coefficient (Wildman–Crippen LogP) is 11.5. The molecule has 0 N–H and O–H groups in total. The van der Waals surface area contributed by atoms with Crippen LogP contribution in [0.25, 0.3) is 87.3 Å². The third kappa shape index (κ3) is 3.24. The lowest BCUT2D eigenvalue weighted by molar-refractivity contribution is 0.674. The van der Waals surface area contributed by atoms with E-state index in [4.69, 9.17) is 15.4 Å². The maximum absolute atomic E-state index is 9.47. The molecule has 41 heavy (non-hydrogen) atoms. The van der Waals surface area contributed by atoms with E-state index in [1.807, 2.05) is 72.8 Å². The Hall–Kier alpha value is -5.40. The third-order valence-corrected chi connectivity index (χ3v) is 7.80. The summed E-state index contributed by atoms with van der Waals surface area (Å²) in [6, 6.07) is 19.3. The Morgan fingerprint density at radius 2 is 1.20 bits per heavy atom. The molecule has 1 heterocycles. The molecule has 0 aliphatic heterocycles. The molecule has 0 fully saturated rings. The Balaban J connectivity index is 1.62. The monoisotopic (exact) mass is 531 g/mol. The standard InChI is InChI=1S/C40H24O/c1-2-10-25(11-3-1)32-22-23-34(38-35-21-19-27-13-5-9-17-31(27)39(35)41-40(32)38)37-30-16-8-6-14-28(30)24-36-29-15-7-4-12-26(29)18-20-33(36)37/h1-24H/i4D,6D,7D,8D,12D,14D,15D,16D,18D,20D,24D. The van der Waals surface area contributed by atoms with Gasteiger partial charge in [0.05, 0.1) is 15.1 Å². The van der Waals surface area contributed by atoms with Crippen LogP contribution in [0.15, 0.2) is 150 Å². The van der Waals surface area contributed by atoms with Crippen LogP contribution in [-0.4, -0.2) is 0 Å². The molecular weight excluding hydrogens is 496 g/mol. The Morgan fingerprint density at radius 3 is 2.10 bits per heavy atom. The highest BCUT2D eigenvalue weighted by Gasteiger charge is 2.21. The second-order valence-electron chi connectivity index (χ2n) is 10.00. The van der Waals surface area contributed by atoms with E-state index in [1.54, 1.807) is 6.07 Å². The van der Waals surface area contributed by atoms with Crippen LogP contribution in [0.3, 0.4) is 0 Å². The lowest BCUT2D eigenvalue weighted by Crippen LogP contribution is -1.89. The maximum atomic E-state index is 9.47. The van der Waals surface area contributed by atoms with E-state index in [0.29, 0.717) is 27.5 Å². The van der Waals surface area contributed by atoms with Crippen molar-refractivity contribution in [2.75, 3.05) is 0 Å². The van der Waals surface area contributed by atoms with E-state index < -0.39 is 66.5 Å². The van der Waals surface area contributed by atoms with Gasteiger partial charge in [-0.15, -0.1) is 0 Å². The molecule has 1 nitrogen and oxygen atoms in total. The summed E-state index contributed by atoms with van der Waals surface area (Å²) >= 11 is 0. The van der Waals surface area contributed by atoms with E-state index in [0.717, 1.165) is 21.9 Å². The van der Waals surface area contributed by atoms with Crippen molar-refractivity contribution in [1.29, 1.82) is 0 Å². The number of rotatable bonds is 2. The summed E-state index contributed by atoms with van der Waals surface area (Å²) in [5.41, 5.74) is 3.22. The van der Waals surface area contributed by atoms with Crippen molar-refractivity contribution >= 4 is 65.0 Å². The van der Waals surface area contributed by atoms with Gasteiger partial charge in [0.1, 0.15) is 11.2 Å². The molecule has 0 aliphatic carbocycles. The van der Waals surface area contributed by atoms with Crippen LogP contribution in [-0.2, 0) is 0 Å². The summed E-state index contributed by atoms with van der Waals surface area (Å²) in [5, 5.41) is 2.30. The summed E-state index contributed by atoms with van der Waals surface area (Å²) < 4.78 is 105. The van der Waals surface area contributed by atoms with Gasteiger partial charge in [-0.2, -0.15) is 0 Å². The number of furan rings is 1. The molecule has 9 rings (SSSR count). The average molecular weight is 532 g/mol. The predicted molar refractivity (Wildman–Crippen MR) is 175 cm³/mol. The molecule has 0 radical (unpaired) electrons. The summed E-state index contributed by atoms with van der Waals surface area (Å²) in [4.78, 5) is 0. The lowest BCUT2D eigenvalue weighted by Gasteiger charge is -2.16. The molecular formula is C40H24O. The second-order valence-corrected chi connectivity index (χ2v) is 10.00. The van der Waals surface area contributed by atoms with Crippen molar-refractivity contribution < 1.29 is 19.5 Å². The van der Waals surface area contributed by atoms with Gasteiger partial charge < -0.3 is 4.42 Å². The van der Waals surface area contributed by atoms with Gasteiger partial charge in [-0.1, -0.05) is 127 Å². The quantitative estimate of drug-likeness (QED) is 0.160. The summed E-state index contributed by atoms with van der Waals surface area (Å²) in [7, 11) is 0. The Morgan fingerprint density at radius 1 is 0.439 bits per heavy atom. The minimum Gasteiger partial charge on any atom is -0.455 e. The van der Waals surface area contributed by atoms with Crippen LogP contribution in [0.4, 0.5) is 0 Å². The van der Waals surface area contributed by atoms with Crippen LogP contribution in [0.5, 0.6) is 0 Å². The smallest absolute Gasteiger partial charge is 0.143 e. The normalized spacial score (nSPS) is 15.7. The molecule has 9 aromatic rings. The van der Waals surface area contributed by atoms with Gasteiger partial charge in [-0.05, 0) is 72.6 Å². The highest BCUT2D eigenvalue weighted by Crippen LogP contribution is 2.47. The van der Waals surface area contributed by atoms with Crippen molar-refractivity contribution in [3.05, 3.63) is 145 Å². The largest absolute Gasteiger partial charge is 0.455 e. The molecule has 0 saturated heterocycles. The number of hydrogen-bond donors (Lipinski definition) is 0. The van der Waals surface area contributed by atoms with Crippen molar-refractivity contribution in [3.8, 4) is 22.3 Å². The fraction of sp³-hybridized carbons (Fsp3) is 0. The topological polar surface area (TPSA) is 13.1 Å². The molecule has 0 bridgehead atoms. The van der Waals surface area contributed by atoms with E-state index >= 15 is 0 Å². The van der Waals surface area contributed by atoms with Crippen molar-refractivity contribution in [1.82, 2.24) is 0 Å². The van der Waals surface area contributed by atoms with E-state index in [2.05, 4.69) is 0 Å². The molecule has 0 aliphatic rings. The first-order chi connectivity index (χ1) is 24.9.